The fourth-order valence-electron chi connectivity index (χ4n) is 3.91. The topological polar surface area (TPSA) is 54.7 Å². The summed E-state index contributed by atoms with van der Waals surface area (Å²) in [5.74, 6) is 0.976. The molecule has 3 heterocycles. The number of aromatic nitrogens is 2. The van der Waals surface area contributed by atoms with E-state index in [2.05, 4.69) is 44.5 Å². The van der Waals surface area contributed by atoms with Gasteiger partial charge in [0.25, 0.3) is 0 Å². The highest BCUT2D eigenvalue weighted by atomic mass is 16.5. The molecule has 6 heteroatoms. The van der Waals surface area contributed by atoms with Gasteiger partial charge in [-0.1, -0.05) is 18.2 Å². The van der Waals surface area contributed by atoms with E-state index in [1.54, 1.807) is 6.20 Å². The molecule has 0 bridgehead atoms. The summed E-state index contributed by atoms with van der Waals surface area (Å²) in [6.45, 7) is 4.62. The molecule has 0 amide bonds. The van der Waals surface area contributed by atoms with Crippen molar-refractivity contribution in [2.45, 2.75) is 19.4 Å². The van der Waals surface area contributed by atoms with Crippen molar-refractivity contribution in [2.75, 3.05) is 33.4 Å². The summed E-state index contributed by atoms with van der Waals surface area (Å²) < 4.78 is 7.68. The number of hydrogen-bond donors (Lipinski definition) is 1. The summed E-state index contributed by atoms with van der Waals surface area (Å²) in [6.07, 6.45) is 7.97. The highest BCUT2D eigenvalue weighted by molar-refractivity contribution is 5.80. The number of benzene rings is 1. The van der Waals surface area contributed by atoms with Gasteiger partial charge < -0.3 is 19.5 Å². The molecule has 6 nitrogen and oxygen atoms in total. The quantitative estimate of drug-likeness (QED) is 0.687. The van der Waals surface area contributed by atoms with Crippen LogP contribution >= 0.6 is 0 Å². The van der Waals surface area contributed by atoms with Crippen LogP contribution in [0.15, 0.2) is 48.0 Å². The molecule has 2 fully saturated rings. The normalized spacial score (nSPS) is 23.6. The smallest absolute Gasteiger partial charge is 0.193 e. The molecular weight excluding hydrogens is 314 g/mol. The Kier molecular flexibility index (Phi) is 4.44. The Morgan fingerprint density at radius 3 is 3.04 bits per heavy atom. The SMILES string of the molecule is CN=C(NCc1ccccc1-n1ccnc1)N1CCC2(CCOC2)C1. The van der Waals surface area contributed by atoms with Gasteiger partial charge >= 0.3 is 0 Å². The monoisotopic (exact) mass is 339 g/mol. The summed E-state index contributed by atoms with van der Waals surface area (Å²) in [5.41, 5.74) is 2.71. The molecule has 0 aliphatic carbocycles. The molecule has 2 aliphatic rings. The molecule has 0 radical (unpaired) electrons. The van der Waals surface area contributed by atoms with Gasteiger partial charge in [-0.3, -0.25) is 4.99 Å². The van der Waals surface area contributed by atoms with Crippen LogP contribution in [0.3, 0.4) is 0 Å². The zero-order chi connectivity index (χ0) is 17.1. The van der Waals surface area contributed by atoms with Crippen LogP contribution in [0.25, 0.3) is 5.69 Å². The molecule has 4 rings (SSSR count). The maximum absolute atomic E-state index is 5.63. The Labute approximate surface area is 148 Å². The van der Waals surface area contributed by atoms with E-state index in [1.807, 2.05) is 24.1 Å². The molecule has 2 aliphatic heterocycles. The van der Waals surface area contributed by atoms with E-state index in [4.69, 9.17) is 4.74 Å². The van der Waals surface area contributed by atoms with E-state index in [0.717, 1.165) is 44.5 Å². The fraction of sp³-hybridized carbons (Fsp3) is 0.474. The van der Waals surface area contributed by atoms with Crippen LogP contribution in [0.2, 0.25) is 0 Å². The van der Waals surface area contributed by atoms with Crippen molar-refractivity contribution >= 4 is 5.96 Å². The van der Waals surface area contributed by atoms with Crippen LogP contribution in [0.4, 0.5) is 0 Å². The van der Waals surface area contributed by atoms with E-state index >= 15 is 0 Å². The van der Waals surface area contributed by atoms with Gasteiger partial charge in [0.05, 0.1) is 18.6 Å². The van der Waals surface area contributed by atoms with Crippen LogP contribution in [-0.4, -0.2) is 53.8 Å². The summed E-state index contributed by atoms with van der Waals surface area (Å²) >= 11 is 0. The summed E-state index contributed by atoms with van der Waals surface area (Å²) in [6, 6.07) is 8.38. The largest absolute Gasteiger partial charge is 0.381 e. The molecule has 132 valence electrons. The molecule has 1 N–H and O–H groups in total. The number of likely N-dealkylation sites (tertiary alicyclic amines) is 1. The van der Waals surface area contributed by atoms with Crippen LogP contribution in [0.5, 0.6) is 0 Å². The van der Waals surface area contributed by atoms with E-state index < -0.39 is 0 Å². The molecule has 1 aromatic carbocycles. The second-order valence-corrected chi connectivity index (χ2v) is 6.97. The number of aliphatic imine (C=N–C) groups is 1. The minimum Gasteiger partial charge on any atom is -0.381 e. The highest BCUT2D eigenvalue weighted by Crippen LogP contribution is 2.38. The number of nitrogens with one attached hydrogen (secondary N) is 1. The Bertz CT molecular complexity index is 734. The van der Waals surface area contributed by atoms with Crippen molar-refractivity contribution in [2.24, 2.45) is 10.4 Å². The number of nitrogens with zero attached hydrogens (tertiary/aromatic N) is 4. The van der Waals surface area contributed by atoms with Gasteiger partial charge in [0.1, 0.15) is 0 Å². The van der Waals surface area contributed by atoms with Crippen LogP contribution < -0.4 is 5.32 Å². The second-order valence-electron chi connectivity index (χ2n) is 6.97. The predicted molar refractivity (Wildman–Crippen MR) is 97.8 cm³/mol. The lowest BCUT2D eigenvalue weighted by Gasteiger charge is -2.25. The fourth-order valence-corrected chi connectivity index (χ4v) is 3.91. The van der Waals surface area contributed by atoms with Crippen molar-refractivity contribution in [3.63, 3.8) is 0 Å². The molecule has 25 heavy (non-hydrogen) atoms. The minimum atomic E-state index is 0.340. The number of imidazole rings is 1. The molecule has 1 spiro atoms. The van der Waals surface area contributed by atoms with Gasteiger partial charge in [-0.25, -0.2) is 4.98 Å². The molecule has 1 aromatic heterocycles. The van der Waals surface area contributed by atoms with E-state index in [9.17, 15) is 0 Å². The first-order valence-corrected chi connectivity index (χ1v) is 8.89. The van der Waals surface area contributed by atoms with Crippen molar-refractivity contribution in [3.8, 4) is 5.69 Å². The molecule has 2 aromatic rings. The average Bonchev–Trinajstić information content (AvgIpc) is 3.40. The summed E-state index contributed by atoms with van der Waals surface area (Å²) in [5, 5.41) is 3.54. The number of hydrogen-bond acceptors (Lipinski definition) is 3. The standard InChI is InChI=1S/C19H25N5O/c1-20-18(23-9-6-19(13-23)7-11-25-14-19)22-12-16-4-2-3-5-17(16)24-10-8-21-15-24/h2-5,8,10,15H,6-7,9,11-14H2,1H3,(H,20,22). The summed E-state index contributed by atoms with van der Waals surface area (Å²) in [7, 11) is 1.86. The van der Waals surface area contributed by atoms with Crippen molar-refractivity contribution < 1.29 is 4.74 Å². The Hall–Kier alpha value is -2.34. The van der Waals surface area contributed by atoms with Crippen LogP contribution in [0.1, 0.15) is 18.4 Å². The third-order valence-corrected chi connectivity index (χ3v) is 5.35. The van der Waals surface area contributed by atoms with Crippen molar-refractivity contribution in [1.82, 2.24) is 19.8 Å². The van der Waals surface area contributed by atoms with Gasteiger partial charge in [0.15, 0.2) is 5.96 Å². The van der Waals surface area contributed by atoms with Crippen molar-refractivity contribution in [1.29, 1.82) is 0 Å². The van der Waals surface area contributed by atoms with Gasteiger partial charge in [-0.2, -0.15) is 0 Å². The first kappa shape index (κ1) is 16.1. The Morgan fingerprint density at radius 2 is 2.28 bits per heavy atom. The molecule has 1 atom stereocenters. The minimum absolute atomic E-state index is 0.340. The highest BCUT2D eigenvalue weighted by Gasteiger charge is 2.42. The van der Waals surface area contributed by atoms with Gasteiger partial charge in [-0.15, -0.1) is 0 Å². The molecule has 2 saturated heterocycles. The second kappa shape index (κ2) is 6.88. The van der Waals surface area contributed by atoms with Crippen molar-refractivity contribution in [3.05, 3.63) is 48.5 Å². The zero-order valence-electron chi connectivity index (χ0n) is 14.7. The Balaban J connectivity index is 1.44. The van der Waals surface area contributed by atoms with E-state index in [1.165, 1.54) is 18.4 Å². The van der Waals surface area contributed by atoms with E-state index in [0.29, 0.717) is 5.41 Å². The van der Waals surface area contributed by atoms with Crippen LogP contribution in [0, 0.1) is 5.41 Å². The van der Waals surface area contributed by atoms with Crippen LogP contribution in [-0.2, 0) is 11.3 Å². The lowest BCUT2D eigenvalue weighted by molar-refractivity contribution is 0.156. The maximum atomic E-state index is 5.63. The number of guanidine groups is 1. The average molecular weight is 339 g/mol. The lowest BCUT2D eigenvalue weighted by Crippen LogP contribution is -2.41. The van der Waals surface area contributed by atoms with Gasteiger partial charge in [0, 0.05) is 51.1 Å². The first-order chi connectivity index (χ1) is 12.3. The molecular formula is C19H25N5O. The molecule has 0 saturated carbocycles. The summed E-state index contributed by atoms with van der Waals surface area (Å²) in [4.78, 5) is 11.0. The predicted octanol–water partition coefficient (Wildman–Crippen LogP) is 2.06. The Morgan fingerprint density at radius 1 is 1.36 bits per heavy atom. The maximum Gasteiger partial charge on any atom is 0.193 e. The first-order valence-electron chi connectivity index (χ1n) is 8.89. The number of ether oxygens (including phenoxy) is 1. The third kappa shape index (κ3) is 3.26. The number of rotatable bonds is 3. The lowest BCUT2D eigenvalue weighted by atomic mass is 9.87. The number of para-hydroxylation sites is 1. The molecule has 1 unspecified atom stereocenters. The van der Waals surface area contributed by atoms with Gasteiger partial charge in [0.2, 0.25) is 0 Å². The zero-order valence-corrected chi connectivity index (χ0v) is 14.7. The van der Waals surface area contributed by atoms with Gasteiger partial charge in [-0.05, 0) is 24.5 Å². The third-order valence-electron chi connectivity index (χ3n) is 5.35. The van der Waals surface area contributed by atoms with E-state index in [-0.39, 0.29) is 0 Å².